The Kier molecular flexibility index (Phi) is 2.74. The summed E-state index contributed by atoms with van der Waals surface area (Å²) in [6.07, 6.45) is 1.98. The lowest BCUT2D eigenvalue weighted by Crippen LogP contribution is -2.26. The highest BCUT2D eigenvalue weighted by molar-refractivity contribution is 7.98. The van der Waals surface area contributed by atoms with Crippen LogP contribution in [-0.4, -0.2) is 33.9 Å². The monoisotopic (exact) mass is 272 g/mol. The van der Waals surface area contributed by atoms with Crippen molar-refractivity contribution in [2.75, 3.05) is 13.3 Å². The molecule has 1 aliphatic rings. The van der Waals surface area contributed by atoms with E-state index in [1.54, 1.807) is 25.9 Å². The second kappa shape index (κ2) is 4.31. The lowest BCUT2D eigenvalue weighted by molar-refractivity contribution is 0.103. The molecule has 0 fully saturated rings. The Morgan fingerprint density at radius 1 is 1.26 bits per heavy atom. The van der Waals surface area contributed by atoms with Crippen molar-refractivity contribution in [3.8, 4) is 11.3 Å². The number of ketones is 1. The highest BCUT2D eigenvalue weighted by Gasteiger charge is 2.30. The van der Waals surface area contributed by atoms with Crippen LogP contribution in [0.15, 0.2) is 28.1 Å². The number of rotatable bonds is 1. The third kappa shape index (κ3) is 1.71. The molecule has 1 aromatic heterocycles. The van der Waals surface area contributed by atoms with E-state index < -0.39 is 0 Å². The van der Waals surface area contributed by atoms with Crippen molar-refractivity contribution in [3.05, 3.63) is 35.1 Å². The maximum atomic E-state index is 12.4. The first kappa shape index (κ1) is 12.1. The zero-order valence-corrected chi connectivity index (χ0v) is 11.7. The molecule has 0 radical (unpaired) electrons. The van der Waals surface area contributed by atoms with E-state index >= 15 is 0 Å². The molecule has 0 N–H and O–H groups in total. The molecule has 19 heavy (non-hydrogen) atoms. The first-order valence-corrected chi connectivity index (χ1v) is 6.99. The molecule has 0 saturated carbocycles. The molecule has 0 unspecified atom stereocenters. The topological polar surface area (TPSA) is 60.1 Å². The first-order chi connectivity index (χ1) is 9.15. The minimum atomic E-state index is -0.0633. The number of hydrogen-bond donors (Lipinski definition) is 0. The van der Waals surface area contributed by atoms with Gasteiger partial charge in [0.15, 0.2) is 5.69 Å². The molecule has 1 aromatic carbocycles. The zero-order chi connectivity index (χ0) is 13.6. The maximum absolute atomic E-state index is 12.4. The van der Waals surface area contributed by atoms with Gasteiger partial charge in [0.2, 0.25) is 11.4 Å². The van der Waals surface area contributed by atoms with E-state index in [0.29, 0.717) is 22.6 Å². The van der Waals surface area contributed by atoms with Crippen molar-refractivity contribution in [1.29, 1.82) is 0 Å². The van der Waals surface area contributed by atoms with Gasteiger partial charge < -0.3 is 0 Å². The molecule has 0 saturated heterocycles. The standard InChI is InChI=1S/C13H12N4OS/c1-14-13-15-10-8-5-4-7(19-3)6-9(8)12(18)11(10)16-17(13)2/h4-6H,1-3H3. The molecule has 0 spiro atoms. The van der Waals surface area contributed by atoms with Gasteiger partial charge in [-0.25, -0.2) is 9.67 Å². The van der Waals surface area contributed by atoms with Gasteiger partial charge in [-0.1, -0.05) is 6.07 Å². The largest absolute Gasteiger partial charge is 0.287 e. The second-order valence-corrected chi connectivity index (χ2v) is 5.08. The molecular weight excluding hydrogens is 260 g/mol. The van der Waals surface area contributed by atoms with Gasteiger partial charge >= 0.3 is 0 Å². The summed E-state index contributed by atoms with van der Waals surface area (Å²) in [6.45, 7) is 0. The van der Waals surface area contributed by atoms with Crippen LogP contribution < -0.4 is 5.62 Å². The molecule has 1 aliphatic carbocycles. The van der Waals surface area contributed by atoms with Crippen molar-refractivity contribution >= 4 is 17.5 Å². The minimum absolute atomic E-state index is 0.0633. The van der Waals surface area contributed by atoms with Gasteiger partial charge in [0.05, 0.1) is 0 Å². The van der Waals surface area contributed by atoms with E-state index in [1.807, 2.05) is 24.5 Å². The van der Waals surface area contributed by atoms with Crippen LogP contribution in [0.2, 0.25) is 0 Å². The van der Waals surface area contributed by atoms with Crippen molar-refractivity contribution < 1.29 is 4.79 Å². The number of fused-ring (bicyclic) bond motifs is 3. The molecule has 0 aliphatic heterocycles. The normalized spacial score (nSPS) is 13.6. The molecule has 5 nitrogen and oxygen atoms in total. The number of aromatic nitrogens is 3. The summed E-state index contributed by atoms with van der Waals surface area (Å²) in [6, 6.07) is 5.82. The molecule has 1 heterocycles. The van der Waals surface area contributed by atoms with Crippen LogP contribution in [0.1, 0.15) is 16.1 Å². The van der Waals surface area contributed by atoms with Crippen molar-refractivity contribution in [2.24, 2.45) is 12.0 Å². The minimum Gasteiger partial charge on any atom is -0.287 e. The maximum Gasteiger partial charge on any atom is 0.241 e. The lowest BCUT2D eigenvalue weighted by atomic mass is 10.1. The van der Waals surface area contributed by atoms with Gasteiger partial charge in [-0.2, -0.15) is 5.10 Å². The van der Waals surface area contributed by atoms with Crippen LogP contribution in [0, 0.1) is 0 Å². The Bertz CT molecular complexity index is 764. The van der Waals surface area contributed by atoms with Crippen molar-refractivity contribution in [2.45, 2.75) is 4.90 Å². The number of hydrogen-bond acceptors (Lipinski definition) is 5. The van der Waals surface area contributed by atoms with Gasteiger partial charge in [-0.05, 0) is 18.4 Å². The average Bonchev–Trinajstić information content (AvgIpc) is 2.70. The highest BCUT2D eigenvalue weighted by Crippen LogP contribution is 2.34. The van der Waals surface area contributed by atoms with Crippen LogP contribution in [0.5, 0.6) is 0 Å². The Labute approximate surface area is 114 Å². The predicted molar refractivity (Wildman–Crippen MR) is 73.1 cm³/mol. The Morgan fingerprint density at radius 3 is 2.74 bits per heavy atom. The van der Waals surface area contributed by atoms with E-state index in [0.717, 1.165) is 10.5 Å². The van der Waals surface area contributed by atoms with Gasteiger partial charge in [-0.15, -0.1) is 11.8 Å². The zero-order valence-electron chi connectivity index (χ0n) is 10.8. The van der Waals surface area contributed by atoms with Crippen LogP contribution in [0.25, 0.3) is 11.3 Å². The summed E-state index contributed by atoms with van der Waals surface area (Å²) in [7, 11) is 3.39. The molecule has 0 atom stereocenters. The van der Waals surface area contributed by atoms with E-state index in [2.05, 4.69) is 15.1 Å². The summed E-state index contributed by atoms with van der Waals surface area (Å²) in [4.78, 5) is 21.9. The van der Waals surface area contributed by atoms with E-state index in [-0.39, 0.29) is 5.78 Å². The van der Waals surface area contributed by atoms with Gasteiger partial charge in [-0.3, -0.25) is 9.79 Å². The first-order valence-electron chi connectivity index (χ1n) is 5.77. The molecule has 0 bridgehead atoms. The van der Waals surface area contributed by atoms with E-state index in [4.69, 9.17) is 0 Å². The number of carbonyl (C=O) groups is 1. The van der Waals surface area contributed by atoms with Crippen LogP contribution >= 0.6 is 11.8 Å². The number of aryl methyl sites for hydroxylation is 1. The van der Waals surface area contributed by atoms with Crippen molar-refractivity contribution in [3.63, 3.8) is 0 Å². The number of benzene rings is 1. The lowest BCUT2D eigenvalue weighted by Gasteiger charge is -2.02. The number of nitrogens with zero attached hydrogens (tertiary/aromatic N) is 4. The fourth-order valence-electron chi connectivity index (χ4n) is 2.18. The van der Waals surface area contributed by atoms with Gasteiger partial charge in [0.1, 0.15) is 5.69 Å². The molecule has 3 rings (SSSR count). The number of carbonyl (C=O) groups excluding carboxylic acids is 1. The third-order valence-corrected chi connectivity index (χ3v) is 3.84. The van der Waals surface area contributed by atoms with Crippen molar-refractivity contribution in [1.82, 2.24) is 14.8 Å². The van der Waals surface area contributed by atoms with Crippen LogP contribution in [-0.2, 0) is 7.05 Å². The predicted octanol–water partition coefficient (Wildman–Crippen LogP) is 1.28. The smallest absolute Gasteiger partial charge is 0.241 e. The van der Waals surface area contributed by atoms with E-state index in [1.165, 1.54) is 4.68 Å². The molecule has 6 heteroatoms. The van der Waals surface area contributed by atoms with E-state index in [9.17, 15) is 4.79 Å². The fourth-order valence-corrected chi connectivity index (χ4v) is 2.61. The number of thioether (sulfide) groups is 1. The Balaban J connectivity index is 2.32. The molecular formula is C13H12N4OS. The van der Waals surface area contributed by atoms with Crippen LogP contribution in [0.3, 0.4) is 0 Å². The third-order valence-electron chi connectivity index (χ3n) is 3.12. The Hall–Kier alpha value is -1.95. The fraction of sp³-hybridized carbons (Fsp3) is 0.231. The SMILES string of the molecule is CN=c1nc2c(nn1C)C(=O)c1cc(SC)ccc1-2. The molecule has 2 aromatic rings. The summed E-state index contributed by atoms with van der Waals surface area (Å²) < 4.78 is 1.53. The summed E-state index contributed by atoms with van der Waals surface area (Å²) in [5, 5.41) is 4.28. The summed E-state index contributed by atoms with van der Waals surface area (Å²) >= 11 is 1.61. The molecule has 96 valence electrons. The summed E-state index contributed by atoms with van der Waals surface area (Å²) in [5.41, 5.74) is 3.06. The van der Waals surface area contributed by atoms with Gasteiger partial charge in [0, 0.05) is 30.1 Å². The van der Waals surface area contributed by atoms with Gasteiger partial charge in [0.25, 0.3) is 0 Å². The van der Waals surface area contributed by atoms with Crippen LogP contribution in [0.4, 0.5) is 0 Å². The molecule has 0 amide bonds. The Morgan fingerprint density at radius 2 is 2.05 bits per heavy atom. The highest BCUT2D eigenvalue weighted by atomic mass is 32.2. The quantitative estimate of drug-likeness (QED) is 0.626. The second-order valence-electron chi connectivity index (χ2n) is 4.20. The average molecular weight is 272 g/mol. The summed E-state index contributed by atoms with van der Waals surface area (Å²) in [5.74, 6) is -0.0633.